The number of rotatable bonds is 5. The number of anilines is 2. The fraction of sp³-hybridized carbons (Fsp3) is 0.192. The van der Waals surface area contributed by atoms with E-state index in [2.05, 4.69) is 23.8 Å². The van der Waals surface area contributed by atoms with Crippen LogP contribution in [0.25, 0.3) is 5.57 Å². The molecule has 3 heterocycles. The molecule has 0 radical (unpaired) electrons. The molecule has 1 fully saturated rings. The predicted molar refractivity (Wildman–Crippen MR) is 127 cm³/mol. The molecule has 1 aromatic carbocycles. The van der Waals surface area contributed by atoms with Crippen LogP contribution in [0.5, 0.6) is 0 Å². The predicted octanol–water partition coefficient (Wildman–Crippen LogP) is 4.96. The first kappa shape index (κ1) is 22.1. The summed E-state index contributed by atoms with van der Waals surface area (Å²) in [7, 11) is 0. The van der Waals surface area contributed by atoms with Crippen LogP contribution >= 0.6 is 0 Å². The fourth-order valence-electron chi connectivity index (χ4n) is 3.73. The molecule has 33 heavy (non-hydrogen) atoms. The molecule has 0 bridgehead atoms. The Kier molecular flexibility index (Phi) is 6.13. The second-order valence-electron chi connectivity index (χ2n) is 7.87. The average Bonchev–Trinajstić information content (AvgIpc) is 2.85. The van der Waals surface area contributed by atoms with Crippen molar-refractivity contribution in [2.24, 2.45) is 0 Å². The monoisotopic (exact) mass is 440 g/mol. The molecule has 2 aromatic heterocycles. The molecule has 1 aliphatic rings. The van der Waals surface area contributed by atoms with E-state index in [1.54, 1.807) is 43.3 Å². The molecule has 1 saturated heterocycles. The molecule has 0 unspecified atom stereocenters. The summed E-state index contributed by atoms with van der Waals surface area (Å²) < 4.78 is 0. The Morgan fingerprint density at radius 1 is 0.818 bits per heavy atom. The van der Waals surface area contributed by atoms with E-state index in [1.807, 2.05) is 24.3 Å². The van der Waals surface area contributed by atoms with Crippen LogP contribution in [-0.4, -0.2) is 27.8 Å². The smallest absolute Gasteiger partial charge is 0.268 e. The summed E-state index contributed by atoms with van der Waals surface area (Å²) in [5, 5.41) is 0. The van der Waals surface area contributed by atoms with Crippen molar-refractivity contribution in [3.05, 3.63) is 89.8 Å². The highest BCUT2D eigenvalue weighted by Crippen LogP contribution is 2.31. The van der Waals surface area contributed by atoms with Gasteiger partial charge >= 0.3 is 6.03 Å². The third-order valence-electron chi connectivity index (χ3n) is 5.87. The van der Waals surface area contributed by atoms with Crippen LogP contribution in [0.15, 0.2) is 78.6 Å². The van der Waals surface area contributed by atoms with Gasteiger partial charge in [-0.25, -0.2) is 24.6 Å². The maximum Gasteiger partial charge on any atom is 0.345 e. The minimum Gasteiger partial charge on any atom is -0.268 e. The van der Waals surface area contributed by atoms with Crippen LogP contribution in [0.4, 0.5) is 16.4 Å². The lowest BCUT2D eigenvalue weighted by atomic mass is 9.93. The first-order valence-electron chi connectivity index (χ1n) is 10.8. The average molecular weight is 441 g/mol. The molecule has 7 nitrogen and oxygen atoms in total. The number of imide groups is 2. The van der Waals surface area contributed by atoms with Gasteiger partial charge in [0.15, 0.2) is 0 Å². The minimum atomic E-state index is -0.814. The van der Waals surface area contributed by atoms with Gasteiger partial charge in [0.25, 0.3) is 11.8 Å². The van der Waals surface area contributed by atoms with E-state index in [0.29, 0.717) is 11.5 Å². The largest absolute Gasteiger partial charge is 0.345 e. The van der Waals surface area contributed by atoms with Crippen LogP contribution in [0, 0.1) is 0 Å². The molecule has 3 aromatic rings. The summed E-state index contributed by atoms with van der Waals surface area (Å²) >= 11 is 0. The molecule has 4 rings (SSSR count). The SMILES string of the molecule is CC[C@@H](C)c1ccc(C(C)=C2C(=O)N(c3ccccn3)C(=O)N(c3ccccn3)C2=O)cc1. The number of barbiturate groups is 1. The van der Waals surface area contributed by atoms with Crippen molar-refractivity contribution in [3.63, 3.8) is 0 Å². The number of hydrogen-bond donors (Lipinski definition) is 0. The van der Waals surface area contributed by atoms with E-state index in [4.69, 9.17) is 0 Å². The van der Waals surface area contributed by atoms with Gasteiger partial charge in [-0.15, -0.1) is 0 Å². The third-order valence-corrected chi connectivity index (χ3v) is 5.87. The van der Waals surface area contributed by atoms with E-state index in [0.717, 1.165) is 21.8 Å². The van der Waals surface area contributed by atoms with E-state index in [9.17, 15) is 14.4 Å². The van der Waals surface area contributed by atoms with Gasteiger partial charge in [0.2, 0.25) is 0 Å². The fourth-order valence-corrected chi connectivity index (χ4v) is 3.73. The van der Waals surface area contributed by atoms with Crippen molar-refractivity contribution in [1.29, 1.82) is 0 Å². The summed E-state index contributed by atoms with van der Waals surface area (Å²) in [5.74, 6) is -0.739. The molecule has 166 valence electrons. The summed E-state index contributed by atoms with van der Waals surface area (Å²) in [6.45, 7) is 5.99. The van der Waals surface area contributed by atoms with Crippen molar-refractivity contribution < 1.29 is 14.4 Å². The quantitative estimate of drug-likeness (QED) is 0.413. The molecule has 0 N–H and O–H groups in total. The number of aromatic nitrogens is 2. The van der Waals surface area contributed by atoms with Crippen LogP contribution in [0.2, 0.25) is 0 Å². The van der Waals surface area contributed by atoms with Crippen molar-refractivity contribution >= 4 is 35.1 Å². The van der Waals surface area contributed by atoms with Crippen molar-refractivity contribution in [1.82, 2.24) is 9.97 Å². The van der Waals surface area contributed by atoms with E-state index in [1.165, 1.54) is 18.0 Å². The Morgan fingerprint density at radius 3 is 1.76 bits per heavy atom. The van der Waals surface area contributed by atoms with Crippen LogP contribution in [0.1, 0.15) is 44.2 Å². The number of urea groups is 1. The second kappa shape index (κ2) is 9.16. The topological polar surface area (TPSA) is 83.5 Å². The molecule has 1 atom stereocenters. The highest BCUT2D eigenvalue weighted by atomic mass is 16.2. The lowest BCUT2D eigenvalue weighted by molar-refractivity contribution is -0.121. The first-order chi connectivity index (χ1) is 15.9. The zero-order valence-electron chi connectivity index (χ0n) is 18.7. The third kappa shape index (κ3) is 4.05. The Hall–Kier alpha value is -4.13. The second-order valence-corrected chi connectivity index (χ2v) is 7.87. The highest BCUT2D eigenvalue weighted by molar-refractivity contribution is 6.46. The van der Waals surface area contributed by atoms with E-state index in [-0.39, 0.29) is 17.2 Å². The first-order valence-corrected chi connectivity index (χ1v) is 10.8. The van der Waals surface area contributed by atoms with Gasteiger partial charge in [0.1, 0.15) is 17.2 Å². The van der Waals surface area contributed by atoms with Crippen molar-refractivity contribution in [2.75, 3.05) is 9.80 Å². The molecule has 7 heteroatoms. The molecule has 4 amide bonds. The number of amides is 4. The summed E-state index contributed by atoms with van der Waals surface area (Å²) in [6, 6.07) is 16.8. The number of hydrogen-bond acceptors (Lipinski definition) is 5. The molecule has 0 saturated carbocycles. The van der Waals surface area contributed by atoms with Gasteiger partial charge in [-0.2, -0.15) is 0 Å². The van der Waals surface area contributed by atoms with Gasteiger partial charge in [0, 0.05) is 12.4 Å². The van der Waals surface area contributed by atoms with Crippen LogP contribution in [0.3, 0.4) is 0 Å². The molecule has 1 aliphatic heterocycles. The summed E-state index contributed by atoms with van der Waals surface area (Å²) in [5.41, 5.74) is 2.30. The Bertz CT molecular complexity index is 1160. The Labute approximate surface area is 192 Å². The van der Waals surface area contributed by atoms with Gasteiger partial charge in [-0.05, 0) is 60.2 Å². The lowest BCUT2D eigenvalue weighted by Crippen LogP contribution is -2.57. The highest BCUT2D eigenvalue weighted by Gasteiger charge is 2.45. The number of carbonyl (C=O) groups is 3. The molecular formula is C26H24N4O3. The van der Waals surface area contributed by atoms with Gasteiger partial charge in [-0.1, -0.05) is 50.2 Å². The van der Waals surface area contributed by atoms with Crippen LogP contribution in [-0.2, 0) is 9.59 Å². The molecular weight excluding hydrogens is 416 g/mol. The van der Waals surface area contributed by atoms with Crippen molar-refractivity contribution in [2.45, 2.75) is 33.1 Å². The Balaban J connectivity index is 1.86. The lowest BCUT2D eigenvalue weighted by Gasteiger charge is -2.33. The number of benzene rings is 1. The van der Waals surface area contributed by atoms with Crippen molar-refractivity contribution in [3.8, 4) is 0 Å². The zero-order valence-corrected chi connectivity index (χ0v) is 18.7. The Morgan fingerprint density at radius 2 is 1.33 bits per heavy atom. The number of nitrogens with zero attached hydrogens (tertiary/aromatic N) is 4. The van der Waals surface area contributed by atoms with Gasteiger partial charge < -0.3 is 0 Å². The summed E-state index contributed by atoms with van der Waals surface area (Å²) in [6.07, 6.45) is 3.99. The zero-order chi connectivity index (χ0) is 23.5. The number of pyridine rings is 2. The summed E-state index contributed by atoms with van der Waals surface area (Å²) in [4.78, 5) is 50.5. The van der Waals surface area contributed by atoms with Gasteiger partial charge in [-0.3, -0.25) is 9.59 Å². The maximum absolute atomic E-state index is 13.5. The number of allylic oxidation sites excluding steroid dienone is 1. The minimum absolute atomic E-state index is 0.0952. The van der Waals surface area contributed by atoms with Crippen LogP contribution < -0.4 is 9.80 Å². The molecule has 0 aliphatic carbocycles. The standard InChI is InChI=1S/C26H24N4O3/c1-4-17(2)19-11-13-20(14-12-19)18(3)23-24(31)29(21-9-5-7-15-27-21)26(33)30(25(23)32)22-10-6-8-16-28-22/h5-17H,4H2,1-3H3/t17-/m1/s1. The van der Waals surface area contributed by atoms with E-state index < -0.39 is 17.8 Å². The molecule has 0 spiro atoms. The van der Waals surface area contributed by atoms with Gasteiger partial charge in [0.05, 0.1) is 0 Å². The van der Waals surface area contributed by atoms with E-state index >= 15 is 0 Å². The normalized spacial score (nSPS) is 15.1. The maximum atomic E-state index is 13.5. The number of carbonyl (C=O) groups excluding carboxylic acids is 3.